The van der Waals surface area contributed by atoms with Crippen LogP contribution in [0.1, 0.15) is 56.6 Å². The van der Waals surface area contributed by atoms with Gasteiger partial charge < -0.3 is 23.3 Å². The van der Waals surface area contributed by atoms with Crippen LogP contribution in [0.2, 0.25) is 0 Å². The Morgan fingerprint density at radius 3 is 1.87 bits per heavy atom. The van der Waals surface area contributed by atoms with Gasteiger partial charge >= 0.3 is 0 Å². The lowest BCUT2D eigenvalue weighted by Gasteiger charge is -2.36. The smallest absolute Gasteiger partial charge is 0.259 e. The van der Waals surface area contributed by atoms with Crippen LogP contribution in [0, 0.1) is 11.3 Å². The molecule has 12 heteroatoms. The van der Waals surface area contributed by atoms with Gasteiger partial charge in [0.15, 0.2) is 11.6 Å². The zero-order chi connectivity index (χ0) is 36.9. The normalized spacial score (nSPS) is 12.3. The average molecular weight is 723 g/mol. The number of nitriles is 1. The molecule has 0 aliphatic rings. The zero-order valence-electron chi connectivity index (χ0n) is 30.7. The zero-order valence-corrected chi connectivity index (χ0v) is 31.6. The van der Waals surface area contributed by atoms with Crippen molar-refractivity contribution in [2.75, 3.05) is 27.4 Å². The minimum Gasteiger partial charge on any atom is -0.497 e. The number of hydrogen-bond acceptors (Lipinski definition) is 10. The van der Waals surface area contributed by atoms with Crippen LogP contribution in [0.5, 0.6) is 11.5 Å². The van der Waals surface area contributed by atoms with Gasteiger partial charge in [0.2, 0.25) is 0 Å². The van der Waals surface area contributed by atoms with Crippen molar-refractivity contribution in [1.82, 2.24) is 24.4 Å². The molecule has 2 heterocycles. The van der Waals surface area contributed by atoms with Gasteiger partial charge in [-0.15, -0.1) is 0 Å². The standard InChI is InChI=1S/C40H47N6O5P/c1-30(2)46(31(3)4)52(50-27-10-23-41)51-28-26-45-38(43-39(44-45)32-21-24-42-25-22-32)29-49-40(33-11-8-7-9-12-33,34-13-17-36(47-5)18-14-34)35-15-19-37(48-6)20-16-35/h7-9,11-22,24-25,30-31H,10,26-29H2,1-6H3. The van der Waals surface area contributed by atoms with Gasteiger partial charge in [0.1, 0.15) is 23.7 Å². The quantitative estimate of drug-likeness (QED) is 0.0470. The molecule has 52 heavy (non-hydrogen) atoms. The number of hydrogen-bond donors (Lipinski definition) is 0. The molecule has 3 aromatic carbocycles. The highest BCUT2D eigenvalue weighted by Gasteiger charge is 2.38. The first kappa shape index (κ1) is 38.5. The minimum atomic E-state index is -1.42. The second kappa shape index (κ2) is 18.7. The third-order valence-corrected chi connectivity index (χ3v) is 10.6. The van der Waals surface area contributed by atoms with Crippen molar-refractivity contribution in [2.45, 2.75) is 65.0 Å². The molecule has 0 bridgehead atoms. The number of aromatic nitrogens is 4. The molecular weight excluding hydrogens is 675 g/mol. The van der Waals surface area contributed by atoms with E-state index in [2.05, 4.69) is 55.6 Å². The number of pyridine rings is 1. The van der Waals surface area contributed by atoms with Gasteiger partial charge in [0, 0.05) is 30.0 Å². The lowest BCUT2D eigenvalue weighted by molar-refractivity contribution is -0.00515. The van der Waals surface area contributed by atoms with Gasteiger partial charge in [-0.2, -0.15) is 10.4 Å². The lowest BCUT2D eigenvalue weighted by atomic mass is 9.80. The van der Waals surface area contributed by atoms with Crippen LogP contribution in [-0.2, 0) is 32.5 Å². The molecule has 0 aliphatic heterocycles. The van der Waals surface area contributed by atoms with Crippen molar-refractivity contribution in [2.24, 2.45) is 0 Å². The predicted molar refractivity (Wildman–Crippen MR) is 202 cm³/mol. The summed E-state index contributed by atoms with van der Waals surface area (Å²) in [5, 5.41) is 14.1. The Bertz CT molecular complexity index is 1790. The average Bonchev–Trinajstić information content (AvgIpc) is 3.58. The first-order valence-electron chi connectivity index (χ1n) is 17.3. The van der Waals surface area contributed by atoms with E-state index in [1.54, 1.807) is 26.6 Å². The molecule has 272 valence electrons. The maximum Gasteiger partial charge on any atom is 0.259 e. The Morgan fingerprint density at radius 1 is 0.769 bits per heavy atom. The summed E-state index contributed by atoms with van der Waals surface area (Å²) in [4.78, 5) is 9.18. The van der Waals surface area contributed by atoms with Gasteiger partial charge in [0.25, 0.3) is 8.53 Å². The van der Waals surface area contributed by atoms with Crippen LogP contribution in [0.3, 0.4) is 0 Å². The Kier molecular flexibility index (Phi) is 13.9. The fourth-order valence-electron chi connectivity index (χ4n) is 6.05. The Morgan fingerprint density at radius 2 is 1.33 bits per heavy atom. The molecule has 11 nitrogen and oxygen atoms in total. The van der Waals surface area contributed by atoms with Gasteiger partial charge in [0.05, 0.1) is 46.5 Å². The van der Waals surface area contributed by atoms with Gasteiger partial charge in [-0.25, -0.2) is 14.3 Å². The summed E-state index contributed by atoms with van der Waals surface area (Å²) >= 11 is 0. The molecule has 1 atom stereocenters. The van der Waals surface area contributed by atoms with E-state index >= 15 is 0 Å². The van der Waals surface area contributed by atoms with Crippen LogP contribution in [-0.4, -0.2) is 63.9 Å². The molecule has 2 aromatic heterocycles. The first-order valence-corrected chi connectivity index (χ1v) is 18.5. The van der Waals surface area contributed by atoms with E-state index in [4.69, 9.17) is 38.6 Å². The molecule has 1 unspecified atom stereocenters. The second-order valence-corrected chi connectivity index (χ2v) is 13.9. The number of ether oxygens (including phenoxy) is 3. The summed E-state index contributed by atoms with van der Waals surface area (Å²) < 4.78 is 34.8. The molecule has 5 rings (SSSR count). The van der Waals surface area contributed by atoms with Crippen molar-refractivity contribution in [1.29, 1.82) is 5.26 Å². The molecule has 0 radical (unpaired) electrons. The number of rotatable bonds is 19. The minimum absolute atomic E-state index is 0.114. The van der Waals surface area contributed by atoms with Crippen molar-refractivity contribution in [3.63, 3.8) is 0 Å². The third kappa shape index (κ3) is 9.20. The van der Waals surface area contributed by atoms with Crippen LogP contribution in [0.4, 0.5) is 0 Å². The Balaban J connectivity index is 1.53. The summed E-state index contributed by atoms with van der Waals surface area (Å²) in [7, 11) is 1.89. The largest absolute Gasteiger partial charge is 0.497 e. The van der Waals surface area contributed by atoms with Crippen molar-refractivity contribution < 1.29 is 23.3 Å². The first-order chi connectivity index (χ1) is 25.3. The molecule has 5 aromatic rings. The molecule has 0 spiro atoms. The predicted octanol–water partition coefficient (Wildman–Crippen LogP) is 8.16. The van der Waals surface area contributed by atoms with Crippen molar-refractivity contribution in [3.8, 4) is 29.0 Å². The Labute approximate surface area is 308 Å². The van der Waals surface area contributed by atoms with E-state index < -0.39 is 14.1 Å². The second-order valence-electron chi connectivity index (χ2n) is 12.5. The van der Waals surface area contributed by atoms with Crippen LogP contribution >= 0.6 is 8.53 Å². The van der Waals surface area contributed by atoms with E-state index in [9.17, 15) is 0 Å². The molecule has 0 saturated carbocycles. The topological polar surface area (TPSA) is 117 Å². The van der Waals surface area contributed by atoms with Gasteiger partial charge in [-0.1, -0.05) is 54.6 Å². The number of methoxy groups -OCH3 is 2. The van der Waals surface area contributed by atoms with E-state index in [1.165, 1.54) is 0 Å². The molecule has 0 saturated heterocycles. The van der Waals surface area contributed by atoms with Gasteiger partial charge in [-0.3, -0.25) is 4.98 Å². The highest BCUT2D eigenvalue weighted by atomic mass is 31.2. The van der Waals surface area contributed by atoms with Crippen LogP contribution in [0.15, 0.2) is 103 Å². The fraction of sp³-hybridized carbons (Fsp3) is 0.350. The van der Waals surface area contributed by atoms with Crippen LogP contribution in [0.25, 0.3) is 11.4 Å². The summed E-state index contributed by atoms with van der Waals surface area (Å²) in [6.07, 6.45) is 3.74. The van der Waals surface area contributed by atoms with Crippen molar-refractivity contribution >= 4 is 8.53 Å². The maximum absolute atomic E-state index is 9.14. The molecular formula is C40H47N6O5P. The van der Waals surface area contributed by atoms with Crippen molar-refractivity contribution in [3.05, 3.63) is 126 Å². The maximum atomic E-state index is 9.14. The summed E-state index contributed by atoms with van der Waals surface area (Å²) in [6.45, 7) is 9.57. The molecule has 0 fully saturated rings. The van der Waals surface area contributed by atoms with Gasteiger partial charge in [-0.05, 0) is 80.8 Å². The third-order valence-electron chi connectivity index (χ3n) is 8.45. The number of benzene rings is 3. The fourth-order valence-corrected chi connectivity index (χ4v) is 7.63. The molecule has 0 N–H and O–H groups in total. The van der Waals surface area contributed by atoms with E-state index in [1.807, 2.05) is 83.5 Å². The van der Waals surface area contributed by atoms with E-state index in [-0.39, 0.29) is 25.1 Å². The lowest BCUT2D eigenvalue weighted by Crippen LogP contribution is -2.34. The van der Waals surface area contributed by atoms with E-state index in [0.717, 1.165) is 33.8 Å². The summed E-state index contributed by atoms with van der Waals surface area (Å²) in [6, 6.07) is 32.3. The SMILES string of the molecule is COc1ccc(C(OCc2nc(-c3ccncc3)nn2CCOP(OCCC#N)N(C(C)C)C(C)C)(c2ccccc2)c2ccc(OC)cc2)cc1. The number of nitrogens with zero attached hydrogens (tertiary/aromatic N) is 6. The molecule has 0 aliphatic carbocycles. The molecule has 0 amide bonds. The Hall–Kier alpha value is -4.69. The van der Waals surface area contributed by atoms with Crippen LogP contribution < -0.4 is 9.47 Å². The summed E-state index contributed by atoms with van der Waals surface area (Å²) in [5.41, 5.74) is 2.56. The highest BCUT2D eigenvalue weighted by Crippen LogP contribution is 2.46. The monoisotopic (exact) mass is 722 g/mol. The van der Waals surface area contributed by atoms with E-state index in [0.29, 0.717) is 31.4 Å². The highest BCUT2D eigenvalue weighted by molar-refractivity contribution is 7.44. The summed E-state index contributed by atoms with van der Waals surface area (Å²) in [5.74, 6) is 2.66.